The van der Waals surface area contributed by atoms with E-state index in [9.17, 15) is 4.79 Å². The summed E-state index contributed by atoms with van der Waals surface area (Å²) in [7, 11) is 0. The molecule has 0 aromatic carbocycles. The zero-order valence-electron chi connectivity index (χ0n) is 14.6. The number of nitrogens with zero attached hydrogens (tertiary/aromatic N) is 3. The van der Waals surface area contributed by atoms with Crippen molar-refractivity contribution in [3.8, 4) is 5.88 Å². The van der Waals surface area contributed by atoms with E-state index < -0.39 is 0 Å². The van der Waals surface area contributed by atoms with E-state index in [0.717, 1.165) is 11.1 Å². The molecule has 7 heteroatoms. The Morgan fingerprint density at radius 2 is 2.08 bits per heavy atom. The summed E-state index contributed by atoms with van der Waals surface area (Å²) in [5, 5.41) is 22.5. The van der Waals surface area contributed by atoms with Crippen LogP contribution in [0.3, 0.4) is 0 Å². The highest BCUT2D eigenvalue weighted by molar-refractivity contribution is 6.22. The minimum Gasteiger partial charge on any atom is -0.473 e. The molecule has 2 N–H and O–H groups in total. The van der Waals surface area contributed by atoms with Gasteiger partial charge in [0.15, 0.2) is 11.5 Å². The van der Waals surface area contributed by atoms with Gasteiger partial charge in [0.05, 0.1) is 17.8 Å². The summed E-state index contributed by atoms with van der Waals surface area (Å²) in [5.74, 6) is 0.274. The summed E-state index contributed by atoms with van der Waals surface area (Å²) >= 11 is 0. The van der Waals surface area contributed by atoms with Crippen LogP contribution in [0.4, 0.5) is 5.69 Å². The van der Waals surface area contributed by atoms with Gasteiger partial charge in [-0.15, -0.1) is 5.10 Å². The lowest BCUT2D eigenvalue weighted by Crippen LogP contribution is -2.12. The molecule has 0 fully saturated rings. The lowest BCUT2D eigenvalue weighted by atomic mass is 9.94. The topological polar surface area (TPSA) is 96.4 Å². The van der Waals surface area contributed by atoms with E-state index in [2.05, 4.69) is 5.10 Å². The van der Waals surface area contributed by atoms with Crippen molar-refractivity contribution in [1.82, 2.24) is 9.61 Å². The number of hydrogen-bond donors (Lipinski definition) is 2. The molecule has 2 heterocycles. The van der Waals surface area contributed by atoms with Crippen molar-refractivity contribution in [3.05, 3.63) is 47.7 Å². The molecule has 0 atom stereocenters. The highest BCUT2D eigenvalue weighted by Gasteiger charge is 2.19. The van der Waals surface area contributed by atoms with Crippen LogP contribution in [0.2, 0.25) is 0 Å². The molecule has 0 bridgehead atoms. The first-order chi connectivity index (χ1) is 12.6. The van der Waals surface area contributed by atoms with Crippen LogP contribution < -0.4 is 4.74 Å². The molecule has 2 aromatic heterocycles. The predicted octanol–water partition coefficient (Wildman–Crippen LogP) is 2.01. The summed E-state index contributed by atoms with van der Waals surface area (Å²) in [6.07, 6.45) is 6.21. The molecule has 1 aliphatic rings. The highest BCUT2D eigenvalue weighted by Crippen LogP contribution is 2.33. The minimum atomic E-state index is -0.126. The Morgan fingerprint density at radius 1 is 1.23 bits per heavy atom. The molecule has 3 rings (SSSR count). The normalized spacial score (nSPS) is 16.1. The van der Waals surface area contributed by atoms with Crippen molar-refractivity contribution in [2.24, 2.45) is 4.99 Å². The number of ketones is 1. The van der Waals surface area contributed by atoms with Crippen molar-refractivity contribution < 1.29 is 19.7 Å². The number of carbonyl (C=O) groups is 1. The second-order valence-electron chi connectivity index (χ2n) is 5.94. The molecule has 7 nitrogen and oxygen atoms in total. The van der Waals surface area contributed by atoms with Crippen molar-refractivity contribution in [2.75, 3.05) is 19.8 Å². The van der Waals surface area contributed by atoms with E-state index in [4.69, 9.17) is 19.9 Å². The maximum absolute atomic E-state index is 12.0. The molecule has 0 spiro atoms. The van der Waals surface area contributed by atoms with Gasteiger partial charge in [0.25, 0.3) is 5.88 Å². The summed E-state index contributed by atoms with van der Waals surface area (Å²) in [4.78, 5) is 16.7. The van der Waals surface area contributed by atoms with Gasteiger partial charge in [0.1, 0.15) is 6.61 Å². The maximum Gasteiger partial charge on any atom is 0.260 e. The van der Waals surface area contributed by atoms with Crippen LogP contribution >= 0.6 is 0 Å². The monoisotopic (exact) mass is 355 g/mol. The molecule has 0 aliphatic heterocycles. The van der Waals surface area contributed by atoms with E-state index in [1.54, 1.807) is 29.8 Å². The molecule has 26 heavy (non-hydrogen) atoms. The number of ether oxygens (including phenoxy) is 1. The predicted molar refractivity (Wildman–Crippen MR) is 98.0 cm³/mol. The van der Waals surface area contributed by atoms with Crippen LogP contribution in [-0.2, 0) is 4.79 Å². The van der Waals surface area contributed by atoms with Gasteiger partial charge in [-0.3, -0.25) is 4.79 Å². The first-order valence-electron chi connectivity index (χ1n) is 8.48. The number of aliphatic hydroxyl groups excluding tert-OH is 2. The number of carbonyl (C=O) groups excluding carboxylic acids is 1. The van der Waals surface area contributed by atoms with Crippen LogP contribution in [0.1, 0.15) is 19.8 Å². The number of allylic oxidation sites excluding steroid dienone is 4. The fraction of sp³-hybridized carbons (Fsp3) is 0.316. The molecule has 0 radical (unpaired) electrons. The molecule has 2 aromatic rings. The van der Waals surface area contributed by atoms with Crippen molar-refractivity contribution >= 4 is 22.7 Å². The van der Waals surface area contributed by atoms with Gasteiger partial charge in [-0.1, -0.05) is 6.07 Å². The third-order valence-electron chi connectivity index (χ3n) is 4.03. The number of pyridine rings is 1. The maximum atomic E-state index is 12.0. The van der Waals surface area contributed by atoms with E-state index in [-0.39, 0.29) is 25.6 Å². The molecule has 136 valence electrons. The average molecular weight is 355 g/mol. The van der Waals surface area contributed by atoms with Crippen molar-refractivity contribution in [2.45, 2.75) is 19.8 Å². The highest BCUT2D eigenvalue weighted by atomic mass is 16.5. The Labute approximate surface area is 150 Å². The van der Waals surface area contributed by atoms with Gasteiger partial charge in [0.2, 0.25) is 0 Å². The zero-order chi connectivity index (χ0) is 18.5. The molecule has 0 unspecified atom stereocenters. The largest absolute Gasteiger partial charge is 0.473 e. The lowest BCUT2D eigenvalue weighted by molar-refractivity contribution is -0.111. The molecule has 1 aliphatic carbocycles. The number of aromatic nitrogens is 2. The van der Waals surface area contributed by atoms with E-state index in [0.29, 0.717) is 35.7 Å². The number of rotatable bonds is 7. The molecule has 0 saturated carbocycles. The zero-order valence-corrected chi connectivity index (χ0v) is 14.6. The lowest BCUT2D eigenvalue weighted by Gasteiger charge is -2.13. The van der Waals surface area contributed by atoms with E-state index in [1.807, 2.05) is 18.2 Å². The fourth-order valence-corrected chi connectivity index (χ4v) is 2.72. The molecule has 0 saturated heterocycles. The third kappa shape index (κ3) is 3.74. The van der Waals surface area contributed by atoms with Gasteiger partial charge >= 0.3 is 0 Å². The van der Waals surface area contributed by atoms with Crippen molar-refractivity contribution in [3.63, 3.8) is 0 Å². The molecular formula is C19H21N3O4. The fourth-order valence-electron chi connectivity index (χ4n) is 2.72. The van der Waals surface area contributed by atoms with E-state index in [1.165, 1.54) is 0 Å². The summed E-state index contributed by atoms with van der Waals surface area (Å²) in [6, 6.07) is 5.60. The van der Waals surface area contributed by atoms with Crippen LogP contribution in [0.15, 0.2) is 52.7 Å². The van der Waals surface area contributed by atoms with Crippen LogP contribution in [0.5, 0.6) is 5.88 Å². The first-order valence-corrected chi connectivity index (χ1v) is 8.48. The van der Waals surface area contributed by atoms with Gasteiger partial charge in [-0.05, 0) is 55.2 Å². The number of aliphatic imine (C=N–C) groups is 1. The van der Waals surface area contributed by atoms with Crippen LogP contribution in [0.25, 0.3) is 5.52 Å². The standard InChI is InChI=1S/C19H21N3O4/c1-13-11-15(14(5-4-8-23)12-17(13)25)20-18-16-6-2-3-7-22(16)21-19(18)26-10-9-24/h2-3,6-7,11-12,23-24H,4-5,8-10H2,1H3. The third-order valence-corrected chi connectivity index (χ3v) is 4.03. The Hall–Kier alpha value is -2.77. The summed E-state index contributed by atoms with van der Waals surface area (Å²) < 4.78 is 7.20. The number of fused-ring (bicyclic) bond motifs is 1. The second kappa shape index (κ2) is 8.07. The van der Waals surface area contributed by atoms with Gasteiger partial charge < -0.3 is 14.9 Å². The summed E-state index contributed by atoms with van der Waals surface area (Å²) in [5.41, 5.74) is 3.34. The Bertz CT molecular complexity index is 909. The summed E-state index contributed by atoms with van der Waals surface area (Å²) in [6.45, 7) is 1.78. The van der Waals surface area contributed by atoms with E-state index >= 15 is 0 Å². The van der Waals surface area contributed by atoms with Gasteiger partial charge in [0, 0.05) is 12.8 Å². The smallest absolute Gasteiger partial charge is 0.260 e. The number of aliphatic hydroxyl groups is 2. The average Bonchev–Trinajstić information content (AvgIpc) is 2.99. The SMILES string of the molecule is CC1=CC(=Nc2c(OCCO)nn3ccccc23)C(CCCO)=CC1=O. The molecular weight excluding hydrogens is 334 g/mol. The van der Waals surface area contributed by atoms with Gasteiger partial charge in [-0.2, -0.15) is 0 Å². The Morgan fingerprint density at radius 3 is 2.85 bits per heavy atom. The Balaban J connectivity index is 2.09. The number of hydrogen-bond acceptors (Lipinski definition) is 6. The van der Waals surface area contributed by atoms with Crippen molar-refractivity contribution in [1.29, 1.82) is 0 Å². The quantitative estimate of drug-likeness (QED) is 0.741. The van der Waals surface area contributed by atoms with Crippen LogP contribution in [-0.4, -0.2) is 51.1 Å². The van der Waals surface area contributed by atoms with Crippen LogP contribution in [0, 0.1) is 0 Å². The Kier molecular flexibility index (Phi) is 5.60. The van der Waals surface area contributed by atoms with Gasteiger partial charge in [-0.25, -0.2) is 9.51 Å². The minimum absolute atomic E-state index is 0.0447. The second-order valence-corrected chi connectivity index (χ2v) is 5.94. The first kappa shape index (κ1) is 18.0. The molecule has 0 amide bonds.